The van der Waals surface area contributed by atoms with Gasteiger partial charge in [-0.2, -0.15) is 5.26 Å². The number of para-hydroxylation sites is 1. The SMILES string of the molecule is N#C/C(=C\c1ccccc1Cl)c1cc2ccccc2[nH]1. The van der Waals surface area contributed by atoms with Crippen molar-refractivity contribution in [3.05, 3.63) is 70.9 Å². The molecule has 0 atom stereocenters. The van der Waals surface area contributed by atoms with Crippen molar-refractivity contribution < 1.29 is 0 Å². The Labute approximate surface area is 121 Å². The molecule has 2 aromatic carbocycles. The zero-order valence-electron chi connectivity index (χ0n) is 10.6. The predicted octanol–water partition coefficient (Wildman–Crippen LogP) is 4.89. The summed E-state index contributed by atoms with van der Waals surface area (Å²) in [6.07, 6.45) is 1.80. The van der Waals surface area contributed by atoms with Gasteiger partial charge in [0.25, 0.3) is 0 Å². The number of benzene rings is 2. The van der Waals surface area contributed by atoms with Crippen LogP contribution in [0.2, 0.25) is 5.02 Å². The lowest BCUT2D eigenvalue weighted by Gasteiger charge is -1.99. The van der Waals surface area contributed by atoms with Crippen molar-refractivity contribution in [3.8, 4) is 6.07 Å². The second kappa shape index (κ2) is 5.24. The van der Waals surface area contributed by atoms with Crippen molar-refractivity contribution in [2.75, 3.05) is 0 Å². The number of H-pyrrole nitrogens is 1. The zero-order valence-corrected chi connectivity index (χ0v) is 11.4. The van der Waals surface area contributed by atoms with Crippen LogP contribution in [-0.2, 0) is 0 Å². The molecule has 3 rings (SSSR count). The standard InChI is InChI=1S/C17H11ClN2/c18-15-7-3-1-5-12(15)9-14(11-19)17-10-13-6-2-4-8-16(13)20-17/h1-10,20H/b14-9+. The third-order valence-corrected chi connectivity index (χ3v) is 3.49. The van der Waals surface area contributed by atoms with Crippen LogP contribution in [-0.4, -0.2) is 4.98 Å². The van der Waals surface area contributed by atoms with Crippen LogP contribution >= 0.6 is 11.6 Å². The van der Waals surface area contributed by atoms with Gasteiger partial charge in [-0.05, 0) is 29.8 Å². The van der Waals surface area contributed by atoms with Gasteiger partial charge in [0.1, 0.15) is 6.07 Å². The van der Waals surface area contributed by atoms with E-state index in [2.05, 4.69) is 11.1 Å². The van der Waals surface area contributed by atoms with E-state index in [1.54, 1.807) is 6.08 Å². The summed E-state index contributed by atoms with van der Waals surface area (Å²) in [6, 6.07) is 19.6. The molecule has 0 aliphatic heterocycles. The molecule has 0 saturated carbocycles. The van der Waals surface area contributed by atoms with Gasteiger partial charge in [-0.25, -0.2) is 0 Å². The van der Waals surface area contributed by atoms with Gasteiger partial charge in [0.05, 0.1) is 11.3 Å². The zero-order chi connectivity index (χ0) is 13.9. The highest BCUT2D eigenvalue weighted by molar-refractivity contribution is 6.32. The molecule has 0 aliphatic carbocycles. The third-order valence-electron chi connectivity index (χ3n) is 3.15. The van der Waals surface area contributed by atoms with Crippen LogP contribution in [0.1, 0.15) is 11.3 Å². The maximum Gasteiger partial charge on any atom is 0.101 e. The number of aromatic amines is 1. The normalized spacial score (nSPS) is 11.5. The summed E-state index contributed by atoms with van der Waals surface area (Å²) in [5, 5.41) is 11.1. The van der Waals surface area contributed by atoms with E-state index in [9.17, 15) is 5.26 Å². The number of hydrogen-bond acceptors (Lipinski definition) is 1. The molecule has 1 aromatic heterocycles. The van der Waals surface area contributed by atoms with Crippen molar-refractivity contribution >= 4 is 34.2 Å². The largest absolute Gasteiger partial charge is 0.354 e. The maximum atomic E-state index is 9.38. The predicted molar refractivity (Wildman–Crippen MR) is 83.2 cm³/mol. The highest BCUT2D eigenvalue weighted by atomic mass is 35.5. The second-order valence-corrected chi connectivity index (χ2v) is 4.87. The van der Waals surface area contributed by atoms with E-state index in [0.717, 1.165) is 22.2 Å². The Morgan fingerprint density at radius 2 is 1.85 bits per heavy atom. The Bertz CT molecular complexity index is 804. The lowest BCUT2D eigenvalue weighted by molar-refractivity contribution is 1.40. The number of allylic oxidation sites excluding steroid dienone is 1. The van der Waals surface area contributed by atoms with E-state index in [-0.39, 0.29) is 0 Å². The van der Waals surface area contributed by atoms with Crippen LogP contribution in [0.3, 0.4) is 0 Å². The lowest BCUT2D eigenvalue weighted by Crippen LogP contribution is -1.82. The summed E-state index contributed by atoms with van der Waals surface area (Å²) >= 11 is 6.13. The Morgan fingerprint density at radius 1 is 1.10 bits per heavy atom. The Hall–Kier alpha value is -2.50. The van der Waals surface area contributed by atoms with Gasteiger partial charge in [-0.15, -0.1) is 0 Å². The minimum absolute atomic E-state index is 0.564. The molecule has 1 N–H and O–H groups in total. The Balaban J connectivity index is 2.10. The molecule has 0 amide bonds. The van der Waals surface area contributed by atoms with E-state index >= 15 is 0 Å². The minimum atomic E-state index is 0.564. The van der Waals surface area contributed by atoms with Crippen LogP contribution < -0.4 is 0 Å². The van der Waals surface area contributed by atoms with Gasteiger partial charge >= 0.3 is 0 Å². The molecular formula is C17H11ClN2. The van der Waals surface area contributed by atoms with Crippen molar-refractivity contribution in [1.29, 1.82) is 5.26 Å². The van der Waals surface area contributed by atoms with E-state index in [4.69, 9.17) is 11.6 Å². The molecule has 0 radical (unpaired) electrons. The summed E-state index contributed by atoms with van der Waals surface area (Å²) in [6.45, 7) is 0. The van der Waals surface area contributed by atoms with Crippen molar-refractivity contribution in [1.82, 2.24) is 4.98 Å². The van der Waals surface area contributed by atoms with Gasteiger partial charge in [-0.3, -0.25) is 0 Å². The van der Waals surface area contributed by atoms with Crippen molar-refractivity contribution in [3.63, 3.8) is 0 Å². The number of fused-ring (bicyclic) bond motifs is 1. The highest BCUT2D eigenvalue weighted by Gasteiger charge is 2.06. The first-order valence-electron chi connectivity index (χ1n) is 6.22. The van der Waals surface area contributed by atoms with Gasteiger partial charge in [0.15, 0.2) is 0 Å². The van der Waals surface area contributed by atoms with Crippen LogP contribution in [0.25, 0.3) is 22.6 Å². The first-order valence-corrected chi connectivity index (χ1v) is 6.60. The van der Waals surface area contributed by atoms with Gasteiger partial charge in [0, 0.05) is 15.9 Å². The molecule has 3 heteroatoms. The first-order chi connectivity index (χ1) is 9.78. The van der Waals surface area contributed by atoms with Gasteiger partial charge in [0.2, 0.25) is 0 Å². The first kappa shape index (κ1) is 12.5. The fourth-order valence-electron chi connectivity index (χ4n) is 2.14. The molecule has 96 valence electrons. The quantitative estimate of drug-likeness (QED) is 0.666. The highest BCUT2D eigenvalue weighted by Crippen LogP contribution is 2.24. The summed E-state index contributed by atoms with van der Waals surface area (Å²) in [7, 11) is 0. The molecule has 0 saturated heterocycles. The van der Waals surface area contributed by atoms with Crippen LogP contribution in [0, 0.1) is 11.3 Å². The maximum absolute atomic E-state index is 9.38. The fourth-order valence-corrected chi connectivity index (χ4v) is 2.33. The number of rotatable bonds is 2. The minimum Gasteiger partial charge on any atom is -0.354 e. The lowest BCUT2D eigenvalue weighted by atomic mass is 10.1. The number of hydrogen-bond donors (Lipinski definition) is 1. The number of nitrogens with one attached hydrogen (secondary N) is 1. The fraction of sp³-hybridized carbons (Fsp3) is 0. The molecule has 0 aliphatic rings. The number of halogens is 1. The average molecular weight is 279 g/mol. The van der Waals surface area contributed by atoms with E-state index < -0.39 is 0 Å². The second-order valence-electron chi connectivity index (χ2n) is 4.46. The van der Waals surface area contributed by atoms with Gasteiger partial charge < -0.3 is 4.98 Å². The van der Waals surface area contributed by atoms with E-state index in [1.807, 2.05) is 54.6 Å². The third kappa shape index (κ3) is 2.32. The van der Waals surface area contributed by atoms with Crippen molar-refractivity contribution in [2.24, 2.45) is 0 Å². The summed E-state index contributed by atoms with van der Waals surface area (Å²) in [4.78, 5) is 3.25. The molecule has 0 bridgehead atoms. The van der Waals surface area contributed by atoms with Crippen LogP contribution in [0.15, 0.2) is 54.6 Å². The summed E-state index contributed by atoms with van der Waals surface area (Å²) in [5.41, 5.74) is 3.22. The number of nitrogens with zero attached hydrogens (tertiary/aromatic N) is 1. The Morgan fingerprint density at radius 3 is 2.60 bits per heavy atom. The summed E-state index contributed by atoms with van der Waals surface area (Å²) in [5.74, 6) is 0. The number of aromatic nitrogens is 1. The van der Waals surface area contributed by atoms with Gasteiger partial charge in [-0.1, -0.05) is 48.0 Å². The topological polar surface area (TPSA) is 39.6 Å². The molecule has 2 nitrogen and oxygen atoms in total. The molecule has 0 spiro atoms. The molecule has 0 unspecified atom stereocenters. The smallest absolute Gasteiger partial charge is 0.101 e. The number of nitriles is 1. The molecular weight excluding hydrogens is 268 g/mol. The average Bonchev–Trinajstić information content (AvgIpc) is 2.90. The van der Waals surface area contributed by atoms with E-state index in [1.165, 1.54) is 0 Å². The van der Waals surface area contributed by atoms with Crippen LogP contribution in [0.5, 0.6) is 0 Å². The van der Waals surface area contributed by atoms with E-state index in [0.29, 0.717) is 10.6 Å². The monoisotopic (exact) mass is 278 g/mol. The Kier molecular flexibility index (Phi) is 3.28. The summed E-state index contributed by atoms with van der Waals surface area (Å²) < 4.78 is 0. The van der Waals surface area contributed by atoms with Crippen LogP contribution in [0.4, 0.5) is 0 Å². The molecule has 20 heavy (non-hydrogen) atoms. The molecule has 3 aromatic rings. The molecule has 0 fully saturated rings. The van der Waals surface area contributed by atoms with Crippen molar-refractivity contribution in [2.45, 2.75) is 0 Å². The molecule has 1 heterocycles.